The Morgan fingerprint density at radius 3 is 2.15 bits per heavy atom. The molecular weight excluding hydrogens is 320 g/mol. The van der Waals surface area contributed by atoms with Gasteiger partial charge in [0.25, 0.3) is 0 Å². The maximum atomic E-state index is 13.3. The lowest BCUT2D eigenvalue weighted by Crippen LogP contribution is -2.54. The lowest BCUT2D eigenvalue weighted by molar-refractivity contribution is -0.146. The van der Waals surface area contributed by atoms with Gasteiger partial charge in [0.05, 0.1) is 6.04 Å². The Bertz CT molecular complexity index is 614. The molecule has 3 heteroatoms. The van der Waals surface area contributed by atoms with Crippen LogP contribution in [0.5, 0.6) is 0 Å². The fourth-order valence-corrected chi connectivity index (χ4v) is 6.95. The summed E-state index contributed by atoms with van der Waals surface area (Å²) in [6, 6.07) is 11.1. The number of carbonyl (C=O) groups is 1. The van der Waals surface area contributed by atoms with Crippen LogP contribution in [0.25, 0.3) is 0 Å². The van der Waals surface area contributed by atoms with Gasteiger partial charge in [0.15, 0.2) is 0 Å². The number of nitrogens with one attached hydrogen (secondary N) is 1. The summed E-state index contributed by atoms with van der Waals surface area (Å²) in [5.74, 6) is 2.86. The minimum Gasteiger partial charge on any atom is -0.354 e. The molecule has 1 aromatic rings. The van der Waals surface area contributed by atoms with Crippen molar-refractivity contribution in [1.82, 2.24) is 10.2 Å². The first-order valence-corrected chi connectivity index (χ1v) is 10.8. The van der Waals surface area contributed by atoms with E-state index in [0.29, 0.717) is 11.9 Å². The van der Waals surface area contributed by atoms with Crippen LogP contribution in [0.1, 0.15) is 63.0 Å². The van der Waals surface area contributed by atoms with Gasteiger partial charge in [-0.3, -0.25) is 9.69 Å². The van der Waals surface area contributed by atoms with Crippen LogP contribution in [0.15, 0.2) is 30.3 Å². The predicted molar refractivity (Wildman–Crippen MR) is 104 cm³/mol. The van der Waals surface area contributed by atoms with E-state index in [2.05, 4.69) is 40.5 Å². The fraction of sp³-hybridized carbons (Fsp3) is 0.696. The van der Waals surface area contributed by atoms with Gasteiger partial charge in [0, 0.05) is 12.0 Å². The lowest BCUT2D eigenvalue weighted by Gasteiger charge is -2.55. The minimum atomic E-state index is -0.0268. The molecule has 1 saturated heterocycles. The third-order valence-electron chi connectivity index (χ3n) is 7.74. The second kappa shape index (κ2) is 6.67. The molecule has 4 saturated carbocycles. The van der Waals surface area contributed by atoms with Crippen LogP contribution in [0.2, 0.25) is 0 Å². The van der Waals surface area contributed by atoms with Gasteiger partial charge in [-0.05, 0) is 87.8 Å². The SMILES string of the molecule is O=C(NC[C@H](c1ccccc1)N1CCCC1)C12CC3CC(CC(C3)C1)C2. The Balaban J connectivity index is 1.30. The Morgan fingerprint density at radius 1 is 1.00 bits per heavy atom. The molecular formula is C23H32N2O. The van der Waals surface area contributed by atoms with Crippen LogP contribution < -0.4 is 5.32 Å². The van der Waals surface area contributed by atoms with E-state index in [1.54, 1.807) is 0 Å². The standard InChI is InChI=1S/C23H32N2O/c26-22(23-13-17-10-18(14-23)12-19(11-17)15-23)24-16-21(25-8-4-5-9-25)20-6-2-1-3-7-20/h1-3,6-7,17-19,21H,4-5,8-16H2,(H,24,26)/t17?,18?,19?,21-,23?/m1/s1. The number of nitrogens with zero attached hydrogens (tertiary/aromatic N) is 1. The highest BCUT2D eigenvalue weighted by Crippen LogP contribution is 2.60. The summed E-state index contributed by atoms with van der Waals surface area (Å²) in [5, 5.41) is 3.43. The molecule has 1 amide bonds. The Kier molecular flexibility index (Phi) is 4.31. The van der Waals surface area contributed by atoms with Crippen molar-refractivity contribution in [2.75, 3.05) is 19.6 Å². The van der Waals surface area contributed by atoms with E-state index in [4.69, 9.17) is 0 Å². The van der Waals surface area contributed by atoms with Gasteiger partial charge in [-0.15, -0.1) is 0 Å². The average Bonchev–Trinajstić information content (AvgIpc) is 3.16. The zero-order valence-electron chi connectivity index (χ0n) is 15.8. The first kappa shape index (κ1) is 16.8. The third-order valence-corrected chi connectivity index (χ3v) is 7.74. The van der Waals surface area contributed by atoms with Gasteiger partial charge in [0.1, 0.15) is 0 Å². The molecule has 0 radical (unpaired) electrons. The first-order chi connectivity index (χ1) is 12.7. The molecule has 1 aromatic carbocycles. The third kappa shape index (κ3) is 2.98. The van der Waals surface area contributed by atoms with Crippen molar-refractivity contribution < 1.29 is 4.79 Å². The summed E-state index contributed by atoms with van der Waals surface area (Å²) in [6.45, 7) is 3.09. The molecule has 0 unspecified atom stereocenters. The molecule has 4 aliphatic carbocycles. The molecule has 0 aromatic heterocycles. The first-order valence-electron chi connectivity index (χ1n) is 10.8. The molecule has 1 atom stereocenters. The van der Waals surface area contributed by atoms with Gasteiger partial charge >= 0.3 is 0 Å². The quantitative estimate of drug-likeness (QED) is 0.863. The van der Waals surface area contributed by atoms with Crippen molar-refractivity contribution in [3.8, 4) is 0 Å². The molecule has 140 valence electrons. The minimum absolute atomic E-state index is 0.0268. The van der Waals surface area contributed by atoms with Crippen molar-refractivity contribution in [3.63, 3.8) is 0 Å². The van der Waals surface area contributed by atoms with E-state index < -0.39 is 0 Å². The topological polar surface area (TPSA) is 32.3 Å². The van der Waals surface area contributed by atoms with Crippen LogP contribution in [-0.4, -0.2) is 30.4 Å². The van der Waals surface area contributed by atoms with Gasteiger partial charge in [-0.25, -0.2) is 0 Å². The van der Waals surface area contributed by atoms with Crippen LogP contribution in [0, 0.1) is 23.2 Å². The Morgan fingerprint density at radius 2 is 1.58 bits per heavy atom. The van der Waals surface area contributed by atoms with Crippen molar-refractivity contribution in [2.24, 2.45) is 23.2 Å². The molecule has 1 N–H and O–H groups in total. The van der Waals surface area contributed by atoms with E-state index >= 15 is 0 Å². The highest BCUT2D eigenvalue weighted by atomic mass is 16.2. The maximum Gasteiger partial charge on any atom is 0.226 e. The number of hydrogen-bond donors (Lipinski definition) is 1. The molecule has 6 rings (SSSR count). The summed E-state index contributed by atoms with van der Waals surface area (Å²) in [4.78, 5) is 15.9. The van der Waals surface area contributed by atoms with E-state index in [0.717, 1.165) is 56.7 Å². The lowest BCUT2D eigenvalue weighted by atomic mass is 9.49. The van der Waals surface area contributed by atoms with Crippen LogP contribution in [-0.2, 0) is 4.79 Å². The van der Waals surface area contributed by atoms with Crippen molar-refractivity contribution in [2.45, 2.75) is 57.4 Å². The van der Waals surface area contributed by atoms with Gasteiger partial charge in [-0.1, -0.05) is 30.3 Å². The second-order valence-corrected chi connectivity index (χ2v) is 9.58. The number of amides is 1. The summed E-state index contributed by atoms with van der Waals surface area (Å²) in [6.07, 6.45) is 10.2. The van der Waals surface area contributed by atoms with Crippen LogP contribution >= 0.6 is 0 Å². The zero-order chi connectivity index (χ0) is 17.6. The Labute approximate surface area is 157 Å². The number of rotatable bonds is 5. The van der Waals surface area contributed by atoms with Gasteiger partial charge in [-0.2, -0.15) is 0 Å². The molecule has 5 fully saturated rings. The van der Waals surface area contributed by atoms with Crippen molar-refractivity contribution in [1.29, 1.82) is 0 Å². The maximum absolute atomic E-state index is 13.3. The van der Waals surface area contributed by atoms with E-state index in [1.165, 1.54) is 37.7 Å². The predicted octanol–water partition coefficient (Wildman–Crippen LogP) is 4.16. The molecule has 4 bridgehead atoms. The van der Waals surface area contributed by atoms with E-state index in [1.807, 2.05) is 0 Å². The second-order valence-electron chi connectivity index (χ2n) is 9.58. The number of likely N-dealkylation sites (tertiary alicyclic amines) is 1. The van der Waals surface area contributed by atoms with Crippen LogP contribution in [0.3, 0.4) is 0 Å². The number of carbonyl (C=O) groups excluding carboxylic acids is 1. The normalized spacial score (nSPS) is 37.0. The number of benzene rings is 1. The largest absolute Gasteiger partial charge is 0.354 e. The average molecular weight is 353 g/mol. The van der Waals surface area contributed by atoms with E-state index in [9.17, 15) is 4.79 Å². The molecule has 5 aliphatic rings. The smallest absolute Gasteiger partial charge is 0.226 e. The molecule has 3 nitrogen and oxygen atoms in total. The molecule has 1 aliphatic heterocycles. The van der Waals surface area contributed by atoms with Crippen LogP contribution in [0.4, 0.5) is 0 Å². The monoisotopic (exact) mass is 352 g/mol. The summed E-state index contributed by atoms with van der Waals surface area (Å²) in [7, 11) is 0. The number of hydrogen-bond acceptors (Lipinski definition) is 2. The van der Waals surface area contributed by atoms with Gasteiger partial charge in [0.2, 0.25) is 5.91 Å². The molecule has 1 heterocycles. The molecule has 26 heavy (non-hydrogen) atoms. The Hall–Kier alpha value is -1.35. The highest BCUT2D eigenvalue weighted by molar-refractivity contribution is 5.83. The fourth-order valence-electron chi connectivity index (χ4n) is 6.95. The van der Waals surface area contributed by atoms with Crippen molar-refractivity contribution >= 4 is 5.91 Å². The van der Waals surface area contributed by atoms with E-state index in [-0.39, 0.29) is 5.41 Å². The summed E-state index contributed by atoms with van der Waals surface area (Å²) in [5.41, 5.74) is 1.32. The highest BCUT2D eigenvalue weighted by Gasteiger charge is 2.54. The zero-order valence-corrected chi connectivity index (χ0v) is 15.8. The summed E-state index contributed by atoms with van der Waals surface area (Å²) >= 11 is 0. The van der Waals surface area contributed by atoms with Gasteiger partial charge < -0.3 is 5.32 Å². The molecule has 0 spiro atoms. The van der Waals surface area contributed by atoms with Crippen molar-refractivity contribution in [3.05, 3.63) is 35.9 Å². The summed E-state index contributed by atoms with van der Waals surface area (Å²) < 4.78 is 0.